The second-order valence-electron chi connectivity index (χ2n) is 6.76. The summed E-state index contributed by atoms with van der Waals surface area (Å²) in [5.41, 5.74) is -0.993. The van der Waals surface area contributed by atoms with Gasteiger partial charge >= 0.3 is 11.9 Å². The van der Waals surface area contributed by atoms with Crippen molar-refractivity contribution >= 4 is 29.5 Å². The van der Waals surface area contributed by atoms with E-state index in [0.717, 1.165) is 4.90 Å². The maximum atomic E-state index is 12.7. The molecule has 0 saturated heterocycles. The van der Waals surface area contributed by atoms with E-state index in [1.807, 2.05) is 18.4 Å². The molecule has 1 saturated carbocycles. The highest BCUT2D eigenvalue weighted by Crippen LogP contribution is 2.46. The van der Waals surface area contributed by atoms with Gasteiger partial charge in [0.1, 0.15) is 5.92 Å². The Morgan fingerprint density at radius 1 is 1.15 bits per heavy atom. The number of rotatable bonds is 6. The Balaban J connectivity index is 2.59. The molecule has 0 aliphatic heterocycles. The second kappa shape index (κ2) is 8.89. The van der Waals surface area contributed by atoms with E-state index in [2.05, 4.69) is 0 Å². The molecule has 148 valence electrons. The van der Waals surface area contributed by atoms with Crippen molar-refractivity contribution in [3.63, 3.8) is 0 Å². The number of esters is 2. The number of Topliss-reactive ketones (excluding diaryl/α,β-unsaturated/α-hetero) is 1. The van der Waals surface area contributed by atoms with Gasteiger partial charge in [0.25, 0.3) is 0 Å². The molecule has 0 radical (unpaired) electrons. The Labute approximate surface area is 163 Å². The third kappa shape index (κ3) is 4.52. The van der Waals surface area contributed by atoms with Crippen LogP contribution in [0.1, 0.15) is 38.7 Å². The Hall–Kier alpha value is -1.86. The fraction of sp³-hybridized carbons (Fsp3) is 0.550. The van der Waals surface area contributed by atoms with Gasteiger partial charge in [-0.05, 0) is 44.7 Å². The van der Waals surface area contributed by atoms with Crippen molar-refractivity contribution in [3.8, 4) is 0 Å². The van der Waals surface area contributed by atoms with E-state index in [4.69, 9.17) is 9.47 Å². The van der Waals surface area contributed by atoms with Crippen LogP contribution >= 0.6 is 11.8 Å². The number of thioether (sulfide) groups is 1. The molecule has 1 fully saturated rings. The van der Waals surface area contributed by atoms with Gasteiger partial charge in [0.2, 0.25) is 0 Å². The molecule has 0 bridgehead atoms. The summed E-state index contributed by atoms with van der Waals surface area (Å²) in [5, 5.41) is 10.9. The van der Waals surface area contributed by atoms with E-state index >= 15 is 0 Å². The summed E-state index contributed by atoms with van der Waals surface area (Å²) in [6, 6.07) is 7.28. The summed E-state index contributed by atoms with van der Waals surface area (Å²) in [6.45, 7) is 5.04. The lowest BCUT2D eigenvalue weighted by Gasteiger charge is -2.43. The van der Waals surface area contributed by atoms with Crippen molar-refractivity contribution in [1.82, 2.24) is 0 Å². The molecule has 0 unspecified atom stereocenters. The number of carbonyl (C=O) groups is 3. The van der Waals surface area contributed by atoms with E-state index in [-0.39, 0.29) is 19.6 Å². The van der Waals surface area contributed by atoms with Gasteiger partial charge in [0, 0.05) is 17.2 Å². The zero-order valence-corrected chi connectivity index (χ0v) is 16.9. The Morgan fingerprint density at radius 2 is 1.70 bits per heavy atom. The molecule has 1 aromatic rings. The van der Waals surface area contributed by atoms with Crippen molar-refractivity contribution in [2.75, 3.05) is 19.5 Å². The summed E-state index contributed by atoms with van der Waals surface area (Å²) in [4.78, 5) is 39.0. The fourth-order valence-corrected chi connectivity index (χ4v) is 4.11. The van der Waals surface area contributed by atoms with Gasteiger partial charge in [-0.2, -0.15) is 0 Å². The van der Waals surface area contributed by atoms with Crippen LogP contribution in [-0.2, 0) is 23.9 Å². The molecule has 4 atom stereocenters. The maximum Gasteiger partial charge on any atom is 0.317 e. The predicted molar refractivity (Wildman–Crippen MR) is 101 cm³/mol. The van der Waals surface area contributed by atoms with Gasteiger partial charge in [-0.3, -0.25) is 14.4 Å². The zero-order valence-electron chi connectivity index (χ0n) is 16.1. The third-order valence-electron chi connectivity index (χ3n) is 4.85. The zero-order chi connectivity index (χ0) is 20.2. The van der Waals surface area contributed by atoms with Crippen LogP contribution < -0.4 is 0 Å². The van der Waals surface area contributed by atoms with E-state index in [1.54, 1.807) is 37.7 Å². The quantitative estimate of drug-likeness (QED) is 0.450. The van der Waals surface area contributed by atoms with Crippen molar-refractivity contribution < 1.29 is 29.0 Å². The topological polar surface area (TPSA) is 89.9 Å². The van der Waals surface area contributed by atoms with Crippen LogP contribution in [0.4, 0.5) is 0 Å². The molecule has 7 heteroatoms. The summed E-state index contributed by atoms with van der Waals surface area (Å²) >= 11 is 1.56. The van der Waals surface area contributed by atoms with E-state index in [1.165, 1.54) is 6.92 Å². The minimum Gasteiger partial charge on any atom is -0.466 e. The molecule has 1 aromatic carbocycles. The van der Waals surface area contributed by atoms with Crippen molar-refractivity contribution in [2.45, 2.75) is 43.6 Å². The Morgan fingerprint density at radius 3 is 2.22 bits per heavy atom. The summed E-state index contributed by atoms with van der Waals surface area (Å²) < 4.78 is 10.3. The van der Waals surface area contributed by atoms with Crippen LogP contribution in [0, 0.1) is 11.8 Å². The van der Waals surface area contributed by atoms with Gasteiger partial charge < -0.3 is 14.6 Å². The van der Waals surface area contributed by atoms with Gasteiger partial charge in [0.15, 0.2) is 5.78 Å². The Bertz CT molecular complexity index is 697. The highest BCUT2D eigenvalue weighted by Gasteiger charge is 2.57. The standard InChI is InChI=1S/C20H26O6S/c1-5-25-18(22)16-14(21)11-20(3,24)17(19(23)26-6-2)15(16)12-7-9-13(27-4)10-8-12/h7-10,15-17,24H,5-6,11H2,1-4H3/t15-,16+,17-,20-/m1/s1. The molecular weight excluding hydrogens is 368 g/mol. The number of hydrogen-bond acceptors (Lipinski definition) is 7. The van der Waals surface area contributed by atoms with Crippen molar-refractivity contribution in [3.05, 3.63) is 29.8 Å². The first-order valence-electron chi connectivity index (χ1n) is 8.99. The van der Waals surface area contributed by atoms with Crippen LogP contribution in [0.2, 0.25) is 0 Å². The monoisotopic (exact) mass is 394 g/mol. The van der Waals surface area contributed by atoms with Crippen molar-refractivity contribution in [2.24, 2.45) is 11.8 Å². The third-order valence-corrected chi connectivity index (χ3v) is 5.59. The molecule has 6 nitrogen and oxygen atoms in total. The van der Waals surface area contributed by atoms with Crippen LogP contribution in [0.3, 0.4) is 0 Å². The number of benzene rings is 1. The highest BCUT2D eigenvalue weighted by atomic mass is 32.2. The first-order valence-corrected chi connectivity index (χ1v) is 10.2. The fourth-order valence-electron chi connectivity index (χ4n) is 3.71. The van der Waals surface area contributed by atoms with E-state index < -0.39 is 41.1 Å². The smallest absolute Gasteiger partial charge is 0.317 e. The van der Waals surface area contributed by atoms with E-state index in [9.17, 15) is 19.5 Å². The van der Waals surface area contributed by atoms with E-state index in [0.29, 0.717) is 5.56 Å². The molecule has 1 aliphatic carbocycles. The first kappa shape index (κ1) is 21.4. The average Bonchev–Trinajstić information content (AvgIpc) is 2.60. The van der Waals surface area contributed by atoms with Gasteiger partial charge in [0.05, 0.1) is 24.7 Å². The molecule has 2 rings (SSSR count). The average molecular weight is 394 g/mol. The maximum absolute atomic E-state index is 12.7. The Kier molecular flexibility index (Phi) is 7.06. The summed E-state index contributed by atoms with van der Waals surface area (Å²) in [5.74, 6) is -4.79. The number of hydrogen-bond donors (Lipinski definition) is 1. The van der Waals surface area contributed by atoms with Gasteiger partial charge in [-0.25, -0.2) is 0 Å². The first-order chi connectivity index (χ1) is 12.8. The largest absolute Gasteiger partial charge is 0.466 e. The summed E-state index contributed by atoms with van der Waals surface area (Å²) in [6.07, 6.45) is 1.63. The second-order valence-corrected chi connectivity index (χ2v) is 7.64. The lowest BCUT2D eigenvalue weighted by Crippen LogP contribution is -2.55. The van der Waals surface area contributed by atoms with Crippen molar-refractivity contribution in [1.29, 1.82) is 0 Å². The normalized spacial score (nSPS) is 27.9. The predicted octanol–water partition coefficient (Wildman–Crippen LogP) is 2.57. The number of carbonyl (C=O) groups excluding carboxylic acids is 3. The lowest BCUT2D eigenvalue weighted by atomic mass is 9.62. The molecule has 27 heavy (non-hydrogen) atoms. The van der Waals surface area contributed by atoms with Gasteiger partial charge in [-0.1, -0.05) is 12.1 Å². The van der Waals surface area contributed by atoms with Crippen LogP contribution in [0.25, 0.3) is 0 Å². The highest BCUT2D eigenvalue weighted by molar-refractivity contribution is 7.98. The number of ether oxygens (including phenoxy) is 2. The lowest BCUT2D eigenvalue weighted by molar-refractivity contribution is -0.172. The van der Waals surface area contributed by atoms with Gasteiger partial charge in [-0.15, -0.1) is 11.8 Å². The molecule has 1 aliphatic rings. The molecule has 0 aromatic heterocycles. The molecule has 1 N–H and O–H groups in total. The molecule has 0 spiro atoms. The minimum atomic E-state index is -1.62. The summed E-state index contributed by atoms with van der Waals surface area (Å²) in [7, 11) is 0. The molecular formula is C20H26O6S. The minimum absolute atomic E-state index is 0.126. The van der Waals surface area contributed by atoms with Crippen LogP contribution in [0.15, 0.2) is 29.2 Å². The molecule has 0 amide bonds. The van der Waals surface area contributed by atoms with Crippen LogP contribution in [0.5, 0.6) is 0 Å². The number of ketones is 1. The van der Waals surface area contributed by atoms with Crippen LogP contribution in [-0.4, -0.2) is 47.9 Å². The molecule has 0 heterocycles. The SMILES string of the molecule is CCOC(=O)[C@H]1C(=O)C[C@@](C)(O)[C@@H](C(=O)OCC)[C@@H]1c1ccc(SC)cc1. The number of aliphatic hydroxyl groups is 1.